The van der Waals surface area contributed by atoms with E-state index in [0.717, 1.165) is 0 Å². The van der Waals surface area contributed by atoms with Gasteiger partial charge in [0.2, 0.25) is 5.79 Å². The van der Waals surface area contributed by atoms with Gasteiger partial charge in [-0.3, -0.25) is 0 Å². The molecule has 0 radical (unpaired) electrons. The van der Waals surface area contributed by atoms with E-state index in [1.54, 1.807) is 0 Å². The predicted octanol–water partition coefficient (Wildman–Crippen LogP) is -4.13. The molecule has 0 aliphatic carbocycles. The molecule has 5 N–H and O–H groups in total. The third kappa shape index (κ3) is 3.42. The molecule has 25 heavy (non-hydrogen) atoms. The Hall–Kier alpha value is -1.16. The minimum Gasteiger partial charge on any atom is -0.388 e. The van der Waals surface area contributed by atoms with Crippen LogP contribution in [-0.2, 0) is 23.8 Å². The van der Waals surface area contributed by atoms with E-state index < -0.39 is 73.1 Å². The monoisotopic (exact) mass is 369 g/mol. The van der Waals surface area contributed by atoms with Crippen molar-refractivity contribution in [3.63, 3.8) is 0 Å². The van der Waals surface area contributed by atoms with Gasteiger partial charge in [0.05, 0.1) is 6.61 Å². The van der Waals surface area contributed by atoms with E-state index in [0.29, 0.717) is 0 Å². The minimum absolute atomic E-state index is 0.0876. The van der Waals surface area contributed by atoms with Crippen LogP contribution in [0.25, 0.3) is 0 Å². The molecule has 3 rings (SSSR count). The van der Waals surface area contributed by atoms with Crippen LogP contribution in [0.5, 0.6) is 0 Å². The molecule has 13 nitrogen and oxygen atoms in total. The number of fused-ring (bicyclic) bond motifs is 1. The van der Waals surface area contributed by atoms with Crippen LogP contribution < -0.4 is 0 Å². The van der Waals surface area contributed by atoms with E-state index in [1.165, 1.54) is 0 Å². The average Bonchev–Trinajstić information content (AvgIpc) is 3.09. The largest absolute Gasteiger partial charge is 0.388 e. The lowest BCUT2D eigenvalue weighted by Crippen LogP contribution is -2.62. The fourth-order valence-electron chi connectivity index (χ4n) is 3.06. The molecule has 3 saturated heterocycles. The van der Waals surface area contributed by atoms with Gasteiger partial charge >= 0.3 is 0 Å². The number of aliphatic hydroxyl groups excluding tert-OH is 4. The minimum atomic E-state index is -2.09. The highest BCUT2D eigenvalue weighted by Gasteiger charge is 2.59. The standard InChI is InChI=1S/C12H19NO12/c14-4-1-21-10-9(4)22-3-12(10,18)25-11-8(17)7(16)6(15)5(24-11)2-23-13(19)20/h4-11,14-18H,1-3H2/t4-,5-,6+,7+,8-,9-,10+,11-,12+/m1/s1. The molecule has 13 heteroatoms. The van der Waals surface area contributed by atoms with Gasteiger partial charge in [-0.1, -0.05) is 0 Å². The number of aliphatic hydroxyl groups is 5. The van der Waals surface area contributed by atoms with Crippen LogP contribution >= 0.6 is 0 Å². The molecule has 0 aromatic carbocycles. The zero-order valence-electron chi connectivity index (χ0n) is 12.8. The molecular weight excluding hydrogens is 350 g/mol. The van der Waals surface area contributed by atoms with Gasteiger partial charge in [0.1, 0.15) is 55.9 Å². The van der Waals surface area contributed by atoms with Crippen molar-refractivity contribution in [2.24, 2.45) is 0 Å². The Morgan fingerprint density at radius 2 is 1.88 bits per heavy atom. The molecule has 0 aromatic heterocycles. The molecular formula is C12H19NO12. The summed E-state index contributed by atoms with van der Waals surface area (Å²) in [4.78, 5) is 14.4. The highest BCUT2D eigenvalue weighted by molar-refractivity contribution is 5.00. The van der Waals surface area contributed by atoms with Crippen LogP contribution in [-0.4, -0.2) is 105 Å². The molecule has 0 bridgehead atoms. The summed E-state index contributed by atoms with van der Waals surface area (Å²) in [5.41, 5.74) is 0. The van der Waals surface area contributed by atoms with E-state index >= 15 is 0 Å². The van der Waals surface area contributed by atoms with Crippen LogP contribution in [0.1, 0.15) is 0 Å². The molecule has 0 aromatic rings. The van der Waals surface area contributed by atoms with Crippen LogP contribution in [0, 0.1) is 10.1 Å². The number of hydrogen-bond donors (Lipinski definition) is 5. The van der Waals surface area contributed by atoms with Crippen molar-refractivity contribution in [3.05, 3.63) is 10.1 Å². The van der Waals surface area contributed by atoms with Gasteiger partial charge in [-0.05, 0) is 0 Å². The Kier molecular flexibility index (Phi) is 5.11. The highest BCUT2D eigenvalue weighted by atomic mass is 17.0. The Labute approximate surface area is 140 Å². The zero-order chi connectivity index (χ0) is 18.4. The van der Waals surface area contributed by atoms with Gasteiger partial charge in [-0.2, -0.15) is 0 Å². The summed E-state index contributed by atoms with van der Waals surface area (Å²) in [7, 11) is 0. The Bertz CT molecular complexity index is 506. The van der Waals surface area contributed by atoms with E-state index in [9.17, 15) is 35.6 Å². The molecule has 0 unspecified atom stereocenters. The summed E-state index contributed by atoms with van der Waals surface area (Å²) in [6.07, 6.45) is -11.1. The van der Waals surface area contributed by atoms with Crippen molar-refractivity contribution in [2.75, 3.05) is 19.8 Å². The molecule has 0 saturated carbocycles. The number of hydrogen-bond acceptors (Lipinski definition) is 12. The van der Waals surface area contributed by atoms with Crippen molar-refractivity contribution < 1.29 is 54.4 Å². The maximum absolute atomic E-state index is 10.5. The Morgan fingerprint density at radius 1 is 1.16 bits per heavy atom. The number of rotatable bonds is 5. The van der Waals surface area contributed by atoms with E-state index in [-0.39, 0.29) is 6.61 Å². The quantitative estimate of drug-likeness (QED) is 0.179. The Morgan fingerprint density at radius 3 is 2.56 bits per heavy atom. The first-order valence-corrected chi connectivity index (χ1v) is 7.51. The Balaban J connectivity index is 1.69. The molecule has 144 valence electrons. The third-order valence-electron chi connectivity index (χ3n) is 4.38. The predicted molar refractivity (Wildman–Crippen MR) is 71.1 cm³/mol. The average molecular weight is 369 g/mol. The van der Waals surface area contributed by atoms with Gasteiger partial charge in [0.15, 0.2) is 6.29 Å². The van der Waals surface area contributed by atoms with Crippen LogP contribution in [0.4, 0.5) is 0 Å². The zero-order valence-corrected chi connectivity index (χ0v) is 12.8. The molecule has 3 fully saturated rings. The fraction of sp³-hybridized carbons (Fsp3) is 1.00. The normalized spacial score (nSPS) is 49.8. The SMILES string of the molecule is O=[N+]([O-])OC[C@H]1O[C@H](O[C@@]2(O)CO[C@@H]3[C@H](O)CO[C@@H]32)[C@H](O)[C@@H](O)[C@H]1O. The molecule has 3 heterocycles. The lowest BCUT2D eigenvalue weighted by Gasteiger charge is -2.42. The smallest absolute Gasteiger partial charge is 0.294 e. The summed E-state index contributed by atoms with van der Waals surface area (Å²) in [5.74, 6) is -2.09. The van der Waals surface area contributed by atoms with Gasteiger partial charge in [0.25, 0.3) is 5.09 Å². The fourth-order valence-corrected chi connectivity index (χ4v) is 3.06. The number of nitrogens with zero attached hydrogens (tertiary/aromatic N) is 1. The van der Waals surface area contributed by atoms with Gasteiger partial charge < -0.3 is 49.3 Å². The second kappa shape index (κ2) is 6.86. The van der Waals surface area contributed by atoms with Crippen LogP contribution in [0.3, 0.4) is 0 Å². The summed E-state index contributed by atoms with van der Waals surface area (Å²) in [6, 6.07) is 0. The van der Waals surface area contributed by atoms with Crippen molar-refractivity contribution >= 4 is 0 Å². The summed E-state index contributed by atoms with van der Waals surface area (Å²) in [5, 5.41) is 59.1. The van der Waals surface area contributed by atoms with Crippen molar-refractivity contribution in [1.82, 2.24) is 0 Å². The first kappa shape index (κ1) is 18.6. The third-order valence-corrected chi connectivity index (χ3v) is 4.38. The second-order valence-electron chi connectivity index (χ2n) is 6.09. The second-order valence-corrected chi connectivity index (χ2v) is 6.09. The summed E-state index contributed by atoms with van der Waals surface area (Å²) in [6.45, 7) is -1.22. The molecule has 9 atom stereocenters. The molecule has 3 aliphatic rings. The molecule has 3 aliphatic heterocycles. The molecule has 0 amide bonds. The first-order chi connectivity index (χ1) is 11.7. The van der Waals surface area contributed by atoms with Crippen molar-refractivity contribution in [3.8, 4) is 0 Å². The maximum Gasteiger partial charge on any atom is 0.294 e. The van der Waals surface area contributed by atoms with E-state index in [2.05, 4.69) is 4.84 Å². The van der Waals surface area contributed by atoms with Gasteiger partial charge in [-0.15, -0.1) is 10.1 Å². The topological polar surface area (TPSA) is 190 Å². The van der Waals surface area contributed by atoms with Crippen molar-refractivity contribution in [1.29, 1.82) is 0 Å². The number of ether oxygens (including phenoxy) is 4. The summed E-state index contributed by atoms with van der Waals surface area (Å²) < 4.78 is 20.9. The highest BCUT2D eigenvalue weighted by Crippen LogP contribution is 2.37. The van der Waals surface area contributed by atoms with Crippen LogP contribution in [0.2, 0.25) is 0 Å². The summed E-state index contributed by atoms with van der Waals surface area (Å²) >= 11 is 0. The van der Waals surface area contributed by atoms with Crippen LogP contribution in [0.15, 0.2) is 0 Å². The first-order valence-electron chi connectivity index (χ1n) is 7.51. The lowest BCUT2D eigenvalue weighted by atomic mass is 9.99. The van der Waals surface area contributed by atoms with E-state index in [4.69, 9.17) is 18.9 Å². The van der Waals surface area contributed by atoms with Crippen molar-refractivity contribution in [2.45, 2.75) is 54.8 Å². The van der Waals surface area contributed by atoms with E-state index in [1.807, 2.05) is 0 Å². The molecule has 0 spiro atoms. The van der Waals surface area contributed by atoms with Gasteiger partial charge in [-0.25, -0.2) is 0 Å². The maximum atomic E-state index is 10.5. The lowest BCUT2D eigenvalue weighted by molar-refractivity contribution is -0.760. The van der Waals surface area contributed by atoms with Gasteiger partial charge in [0, 0.05) is 0 Å².